The third kappa shape index (κ3) is 6.05. The van der Waals surface area contributed by atoms with Crippen molar-refractivity contribution in [2.75, 3.05) is 13.1 Å². The van der Waals surface area contributed by atoms with Crippen LogP contribution in [0, 0.1) is 0 Å². The van der Waals surface area contributed by atoms with Crippen LogP contribution in [-0.4, -0.2) is 33.3 Å². The molecule has 1 aromatic carbocycles. The van der Waals surface area contributed by atoms with Gasteiger partial charge in [-0.05, 0) is 36.2 Å². The van der Waals surface area contributed by atoms with Gasteiger partial charge in [0, 0.05) is 19.5 Å². The number of nitrogens with one attached hydrogen (secondary N) is 2. The van der Waals surface area contributed by atoms with Crippen LogP contribution in [0.5, 0.6) is 0 Å². The Labute approximate surface area is 145 Å². The van der Waals surface area contributed by atoms with E-state index in [1.807, 2.05) is 0 Å². The molecule has 0 aliphatic rings. The first-order valence-corrected chi connectivity index (χ1v) is 9.11. The van der Waals surface area contributed by atoms with E-state index >= 15 is 0 Å². The molecule has 0 fully saturated rings. The highest BCUT2D eigenvalue weighted by Gasteiger charge is 2.09. The normalized spacial score (nSPS) is 11.1. The number of benzene rings is 1. The number of aryl methyl sites for hydroxylation is 1. The average molecular weight is 365 g/mol. The lowest BCUT2D eigenvalue weighted by Gasteiger charge is -2.07. The van der Waals surface area contributed by atoms with E-state index in [4.69, 9.17) is 9.56 Å². The topological polar surface area (TPSA) is 132 Å². The Morgan fingerprint density at radius 1 is 1.04 bits per heavy atom. The molecule has 0 aliphatic heterocycles. The predicted octanol–water partition coefficient (Wildman–Crippen LogP) is 0.406. The van der Waals surface area contributed by atoms with Crippen LogP contribution in [0.2, 0.25) is 0 Å². The van der Waals surface area contributed by atoms with Gasteiger partial charge < -0.3 is 15.1 Å². The van der Waals surface area contributed by atoms with E-state index in [0.717, 1.165) is 5.56 Å². The summed E-state index contributed by atoms with van der Waals surface area (Å²) < 4.78 is 27.3. The van der Waals surface area contributed by atoms with E-state index in [0.29, 0.717) is 13.0 Å². The van der Waals surface area contributed by atoms with Gasteiger partial charge in [0.2, 0.25) is 15.9 Å². The molecule has 4 N–H and O–H groups in total. The number of rotatable bonds is 8. The van der Waals surface area contributed by atoms with Crippen molar-refractivity contribution in [3.8, 4) is 0 Å². The summed E-state index contributed by atoms with van der Waals surface area (Å²) in [5.74, 6) is -0.286. The number of hydrogen-bond donors (Lipinski definition) is 3. The van der Waals surface area contributed by atoms with Crippen LogP contribution in [0.3, 0.4) is 0 Å². The molecular formula is C16H19N3O5S. The van der Waals surface area contributed by atoms with Crippen LogP contribution in [-0.2, 0) is 21.2 Å². The summed E-state index contributed by atoms with van der Waals surface area (Å²) in [5.41, 5.74) is 0.827. The summed E-state index contributed by atoms with van der Waals surface area (Å²) in [6.45, 7) is 0.587. The molecule has 0 saturated carbocycles. The molecule has 0 radical (unpaired) electrons. The van der Waals surface area contributed by atoms with Crippen molar-refractivity contribution < 1.29 is 22.4 Å². The third-order valence-corrected chi connectivity index (χ3v) is 4.30. The van der Waals surface area contributed by atoms with Crippen LogP contribution < -0.4 is 15.8 Å². The number of nitrogens with two attached hydrogens (primary N) is 1. The highest BCUT2D eigenvalue weighted by molar-refractivity contribution is 7.89. The lowest BCUT2D eigenvalue weighted by atomic mass is 10.1. The second-order valence-electron chi connectivity index (χ2n) is 5.27. The van der Waals surface area contributed by atoms with Gasteiger partial charge in [0.25, 0.3) is 5.91 Å². The minimum atomic E-state index is -3.71. The van der Waals surface area contributed by atoms with Gasteiger partial charge in [-0.25, -0.2) is 13.6 Å². The Kier molecular flexibility index (Phi) is 6.31. The van der Waals surface area contributed by atoms with Crippen molar-refractivity contribution in [1.29, 1.82) is 0 Å². The number of sulfonamides is 1. The monoisotopic (exact) mass is 365 g/mol. The number of carbonyl (C=O) groups excluding carboxylic acids is 2. The van der Waals surface area contributed by atoms with Gasteiger partial charge in [-0.1, -0.05) is 12.1 Å². The minimum Gasteiger partial charge on any atom is -0.459 e. The smallest absolute Gasteiger partial charge is 0.287 e. The molecule has 2 amide bonds. The van der Waals surface area contributed by atoms with Crippen LogP contribution in [0.25, 0.3) is 0 Å². The summed E-state index contributed by atoms with van der Waals surface area (Å²) in [6, 6.07) is 9.23. The van der Waals surface area contributed by atoms with Crippen LogP contribution in [0.4, 0.5) is 0 Å². The molecule has 1 aromatic heterocycles. The van der Waals surface area contributed by atoms with E-state index in [-0.39, 0.29) is 35.4 Å². The first-order valence-electron chi connectivity index (χ1n) is 7.56. The van der Waals surface area contributed by atoms with Crippen LogP contribution >= 0.6 is 0 Å². The Morgan fingerprint density at radius 3 is 2.32 bits per heavy atom. The second-order valence-corrected chi connectivity index (χ2v) is 6.83. The van der Waals surface area contributed by atoms with Gasteiger partial charge in [-0.15, -0.1) is 0 Å². The second kappa shape index (κ2) is 8.45. The number of amides is 2. The number of carbonyl (C=O) groups is 2. The molecule has 0 spiro atoms. The Hall–Kier alpha value is -2.65. The van der Waals surface area contributed by atoms with E-state index < -0.39 is 10.0 Å². The van der Waals surface area contributed by atoms with E-state index in [2.05, 4.69) is 10.6 Å². The maximum atomic E-state index is 11.8. The van der Waals surface area contributed by atoms with E-state index in [1.54, 1.807) is 24.3 Å². The Bertz CT molecular complexity index is 814. The standard InChI is InChI=1S/C16H19N3O5S/c17-25(22,23)13-6-3-12(4-7-13)5-8-15(20)18-9-10-19-16(21)14-2-1-11-24-14/h1-4,6-7,11H,5,8-10H2,(H,18,20)(H,19,21)(H2,17,22,23). The summed E-state index contributed by atoms with van der Waals surface area (Å²) >= 11 is 0. The molecule has 2 aromatic rings. The first kappa shape index (κ1) is 18.7. The number of hydrogen-bond acceptors (Lipinski definition) is 5. The molecule has 0 aliphatic carbocycles. The average Bonchev–Trinajstić information content (AvgIpc) is 3.11. The van der Waals surface area contributed by atoms with Gasteiger partial charge in [-0.3, -0.25) is 9.59 Å². The highest BCUT2D eigenvalue weighted by Crippen LogP contribution is 2.10. The predicted molar refractivity (Wildman–Crippen MR) is 90.2 cm³/mol. The van der Waals surface area contributed by atoms with Crippen LogP contribution in [0.1, 0.15) is 22.5 Å². The zero-order valence-electron chi connectivity index (χ0n) is 13.4. The van der Waals surface area contributed by atoms with Crippen molar-refractivity contribution in [2.24, 2.45) is 5.14 Å². The molecule has 9 heteroatoms. The van der Waals surface area contributed by atoms with Gasteiger partial charge in [0.1, 0.15) is 0 Å². The fourth-order valence-electron chi connectivity index (χ4n) is 2.06. The first-order chi connectivity index (χ1) is 11.9. The molecule has 25 heavy (non-hydrogen) atoms. The molecule has 8 nitrogen and oxygen atoms in total. The number of primary sulfonamides is 1. The summed E-state index contributed by atoms with van der Waals surface area (Å²) in [7, 11) is -3.71. The van der Waals surface area contributed by atoms with Crippen molar-refractivity contribution in [3.05, 3.63) is 54.0 Å². The van der Waals surface area contributed by atoms with Gasteiger partial charge in [0.05, 0.1) is 11.2 Å². The maximum Gasteiger partial charge on any atom is 0.287 e. The lowest BCUT2D eigenvalue weighted by Crippen LogP contribution is -2.34. The SMILES string of the molecule is NS(=O)(=O)c1ccc(CCC(=O)NCCNC(=O)c2ccco2)cc1. The van der Waals surface area contributed by atoms with Crippen molar-refractivity contribution in [1.82, 2.24) is 10.6 Å². The molecule has 0 bridgehead atoms. The van der Waals surface area contributed by atoms with Crippen LogP contribution in [0.15, 0.2) is 52.0 Å². The van der Waals surface area contributed by atoms with Gasteiger partial charge in [0.15, 0.2) is 5.76 Å². The van der Waals surface area contributed by atoms with Crippen molar-refractivity contribution in [2.45, 2.75) is 17.7 Å². The fourth-order valence-corrected chi connectivity index (χ4v) is 2.58. The lowest BCUT2D eigenvalue weighted by molar-refractivity contribution is -0.121. The molecular weight excluding hydrogens is 346 g/mol. The largest absolute Gasteiger partial charge is 0.459 e. The summed E-state index contributed by atoms with van der Waals surface area (Å²) in [6.07, 6.45) is 2.13. The quantitative estimate of drug-likeness (QED) is 0.583. The Balaban J connectivity index is 1.66. The van der Waals surface area contributed by atoms with Crippen molar-refractivity contribution in [3.63, 3.8) is 0 Å². The van der Waals surface area contributed by atoms with Gasteiger partial charge in [-0.2, -0.15) is 0 Å². The molecule has 0 atom stereocenters. The fraction of sp³-hybridized carbons (Fsp3) is 0.250. The molecule has 0 saturated heterocycles. The summed E-state index contributed by atoms with van der Waals surface area (Å²) in [5, 5.41) is 10.3. The zero-order chi connectivity index (χ0) is 18.3. The Morgan fingerprint density at radius 2 is 1.72 bits per heavy atom. The highest BCUT2D eigenvalue weighted by atomic mass is 32.2. The third-order valence-electron chi connectivity index (χ3n) is 3.37. The van der Waals surface area contributed by atoms with E-state index in [9.17, 15) is 18.0 Å². The minimum absolute atomic E-state index is 0.0352. The number of furan rings is 1. The zero-order valence-corrected chi connectivity index (χ0v) is 14.2. The molecule has 134 valence electrons. The molecule has 1 heterocycles. The van der Waals surface area contributed by atoms with E-state index in [1.165, 1.54) is 18.4 Å². The maximum absolute atomic E-state index is 11.8. The summed E-state index contributed by atoms with van der Waals surface area (Å²) in [4.78, 5) is 23.4. The molecule has 0 unspecified atom stereocenters. The molecule has 2 rings (SSSR count). The van der Waals surface area contributed by atoms with Gasteiger partial charge >= 0.3 is 0 Å². The van der Waals surface area contributed by atoms with Crippen molar-refractivity contribution >= 4 is 21.8 Å².